The van der Waals surface area contributed by atoms with Crippen molar-refractivity contribution < 1.29 is 9.53 Å². The predicted molar refractivity (Wildman–Crippen MR) is 107 cm³/mol. The molecule has 1 atom stereocenters. The van der Waals surface area contributed by atoms with Crippen LogP contribution in [0.4, 0.5) is 0 Å². The van der Waals surface area contributed by atoms with Crippen molar-refractivity contribution in [2.75, 3.05) is 0 Å². The molecular weight excluding hydrogens is 408 g/mol. The van der Waals surface area contributed by atoms with Crippen LogP contribution in [0.25, 0.3) is 0 Å². The Morgan fingerprint density at radius 2 is 1.85 bits per heavy atom. The molecule has 0 N–H and O–H groups in total. The quantitative estimate of drug-likeness (QED) is 0.420. The van der Waals surface area contributed by atoms with Crippen LogP contribution in [-0.2, 0) is 13.2 Å². The Bertz CT molecular complexity index is 967. The smallest absolute Gasteiger partial charge is 0.270 e. The molecule has 2 aromatic carbocycles. The molecular formula is C21H19BrN2O3. The molecule has 0 aliphatic heterocycles. The molecule has 1 unspecified atom stereocenters. The normalized spacial score (nSPS) is 11.8. The number of ether oxygens (including phenoxy) is 1. The maximum atomic E-state index is 12.4. The van der Waals surface area contributed by atoms with E-state index in [4.69, 9.17) is 4.74 Å². The largest absolute Gasteiger partial charge is 0.487 e. The van der Waals surface area contributed by atoms with Gasteiger partial charge in [0.25, 0.3) is 5.56 Å². The van der Waals surface area contributed by atoms with E-state index < -0.39 is 0 Å². The monoisotopic (exact) mass is 426 g/mol. The average Bonchev–Trinajstić information content (AvgIpc) is 2.69. The van der Waals surface area contributed by atoms with Gasteiger partial charge in [0.15, 0.2) is 5.78 Å². The highest BCUT2D eigenvalue weighted by Gasteiger charge is 2.10. The number of halogens is 1. The highest BCUT2D eigenvalue weighted by molar-refractivity contribution is 9.09. The number of ketones is 1. The summed E-state index contributed by atoms with van der Waals surface area (Å²) in [6.45, 7) is 2.26. The number of benzene rings is 2. The van der Waals surface area contributed by atoms with Crippen molar-refractivity contribution in [2.24, 2.45) is 0 Å². The molecule has 0 amide bonds. The van der Waals surface area contributed by atoms with Gasteiger partial charge in [0.05, 0.1) is 6.20 Å². The molecule has 5 nitrogen and oxygen atoms in total. The van der Waals surface area contributed by atoms with E-state index in [1.54, 1.807) is 12.1 Å². The highest BCUT2D eigenvalue weighted by atomic mass is 79.9. The first-order chi connectivity index (χ1) is 13.0. The van der Waals surface area contributed by atoms with Crippen molar-refractivity contribution in [3.63, 3.8) is 0 Å². The van der Waals surface area contributed by atoms with Crippen LogP contribution < -0.4 is 10.3 Å². The predicted octanol–water partition coefficient (Wildman–Crippen LogP) is 4.16. The van der Waals surface area contributed by atoms with E-state index in [0.29, 0.717) is 17.9 Å². The van der Waals surface area contributed by atoms with Gasteiger partial charge in [0.1, 0.15) is 18.9 Å². The lowest BCUT2D eigenvalue weighted by atomic mass is 10.1. The Morgan fingerprint density at radius 3 is 2.48 bits per heavy atom. The van der Waals surface area contributed by atoms with Gasteiger partial charge in [-0.1, -0.05) is 70.5 Å². The Morgan fingerprint density at radius 1 is 1.15 bits per heavy atom. The van der Waals surface area contributed by atoms with Gasteiger partial charge in [-0.25, -0.2) is 4.68 Å². The van der Waals surface area contributed by atoms with Gasteiger partial charge in [0, 0.05) is 16.5 Å². The lowest BCUT2D eigenvalue weighted by Crippen LogP contribution is -2.26. The zero-order chi connectivity index (χ0) is 19.2. The minimum absolute atomic E-state index is 0.110. The average molecular weight is 427 g/mol. The van der Waals surface area contributed by atoms with Crippen LogP contribution in [0.2, 0.25) is 0 Å². The summed E-state index contributed by atoms with van der Waals surface area (Å²) in [7, 11) is 0. The molecule has 3 rings (SSSR count). The van der Waals surface area contributed by atoms with Gasteiger partial charge in [-0.2, -0.15) is 5.10 Å². The van der Waals surface area contributed by atoms with Crippen LogP contribution in [0.5, 0.6) is 5.75 Å². The number of carbonyl (C=O) groups is 1. The molecule has 0 fully saturated rings. The first-order valence-electron chi connectivity index (χ1n) is 8.54. The van der Waals surface area contributed by atoms with Crippen molar-refractivity contribution in [1.29, 1.82) is 0 Å². The summed E-state index contributed by atoms with van der Waals surface area (Å²) in [6, 6.07) is 18.3. The van der Waals surface area contributed by atoms with Gasteiger partial charge in [-0.3, -0.25) is 9.59 Å². The van der Waals surface area contributed by atoms with Crippen molar-refractivity contribution in [1.82, 2.24) is 9.78 Å². The second-order valence-electron chi connectivity index (χ2n) is 6.12. The Labute approximate surface area is 165 Å². The van der Waals surface area contributed by atoms with Crippen molar-refractivity contribution in [3.05, 3.63) is 93.9 Å². The van der Waals surface area contributed by atoms with Crippen molar-refractivity contribution in [3.8, 4) is 5.75 Å². The van der Waals surface area contributed by atoms with Crippen LogP contribution in [0.3, 0.4) is 0 Å². The van der Waals surface area contributed by atoms with E-state index in [1.165, 1.54) is 12.3 Å². The molecule has 0 bridgehead atoms. The van der Waals surface area contributed by atoms with Gasteiger partial charge in [-0.15, -0.1) is 0 Å². The second kappa shape index (κ2) is 8.77. The maximum Gasteiger partial charge on any atom is 0.270 e. The topological polar surface area (TPSA) is 61.2 Å². The lowest BCUT2D eigenvalue weighted by Gasteiger charge is -2.08. The molecule has 0 spiro atoms. The number of carbonyl (C=O) groups excluding carboxylic acids is 1. The van der Waals surface area contributed by atoms with E-state index in [2.05, 4.69) is 21.0 Å². The third-order valence-electron chi connectivity index (χ3n) is 4.08. The first kappa shape index (κ1) is 19.0. The SMILES string of the molecule is CC(Br)c1ccc(C(=O)Cn2ncc(OCc3ccccc3)cc2=O)cc1. The fourth-order valence-electron chi connectivity index (χ4n) is 2.52. The highest BCUT2D eigenvalue weighted by Crippen LogP contribution is 2.21. The number of aromatic nitrogens is 2. The summed E-state index contributed by atoms with van der Waals surface area (Å²) in [5, 5.41) is 4.05. The summed E-state index contributed by atoms with van der Waals surface area (Å²) < 4.78 is 6.73. The van der Waals surface area contributed by atoms with Crippen LogP contribution >= 0.6 is 15.9 Å². The zero-order valence-corrected chi connectivity index (χ0v) is 16.4. The molecule has 0 saturated carbocycles. The van der Waals surface area contributed by atoms with E-state index in [-0.39, 0.29) is 22.7 Å². The zero-order valence-electron chi connectivity index (χ0n) is 14.8. The van der Waals surface area contributed by atoms with Crippen LogP contribution in [0.1, 0.15) is 33.2 Å². The molecule has 0 radical (unpaired) electrons. The van der Waals surface area contributed by atoms with Crippen molar-refractivity contribution >= 4 is 21.7 Å². The number of hydrogen-bond acceptors (Lipinski definition) is 4. The fraction of sp³-hybridized carbons (Fsp3) is 0.190. The molecule has 1 heterocycles. The molecule has 0 aliphatic carbocycles. The van der Waals surface area contributed by atoms with Crippen LogP contribution in [0.15, 0.2) is 71.7 Å². The molecule has 0 saturated heterocycles. The number of hydrogen-bond donors (Lipinski definition) is 0. The van der Waals surface area contributed by atoms with E-state index in [0.717, 1.165) is 15.8 Å². The molecule has 3 aromatic rings. The minimum Gasteiger partial charge on any atom is -0.487 e. The third-order valence-corrected chi connectivity index (χ3v) is 4.61. The standard InChI is InChI=1S/C21H19BrN2O3/c1-15(22)17-7-9-18(10-8-17)20(25)13-24-21(26)11-19(12-23-24)27-14-16-5-3-2-4-6-16/h2-12,15H,13-14H2,1H3. The number of Topliss-reactive ketones (excluding diaryl/α,β-unsaturated/α-hetero) is 1. The molecule has 0 aliphatic rings. The summed E-state index contributed by atoms with van der Waals surface area (Å²) >= 11 is 3.49. The summed E-state index contributed by atoms with van der Waals surface area (Å²) in [5.74, 6) is 0.208. The van der Waals surface area contributed by atoms with Gasteiger partial charge in [0.2, 0.25) is 0 Å². The van der Waals surface area contributed by atoms with E-state index in [1.807, 2.05) is 49.4 Å². The fourth-order valence-corrected chi connectivity index (χ4v) is 2.82. The summed E-state index contributed by atoms with van der Waals surface area (Å²) in [5.41, 5.74) is 2.25. The van der Waals surface area contributed by atoms with Crippen molar-refractivity contribution in [2.45, 2.75) is 24.9 Å². The Hall–Kier alpha value is -2.73. The minimum atomic E-state index is -0.375. The number of rotatable bonds is 7. The number of alkyl halides is 1. The Balaban J connectivity index is 1.65. The molecule has 6 heteroatoms. The summed E-state index contributed by atoms with van der Waals surface area (Å²) in [4.78, 5) is 24.8. The molecule has 1 aromatic heterocycles. The van der Waals surface area contributed by atoms with Gasteiger partial charge in [-0.05, 0) is 18.1 Å². The van der Waals surface area contributed by atoms with E-state index >= 15 is 0 Å². The van der Waals surface area contributed by atoms with Crippen LogP contribution in [0, 0.1) is 0 Å². The summed E-state index contributed by atoms with van der Waals surface area (Å²) in [6.07, 6.45) is 1.45. The second-order valence-corrected chi connectivity index (χ2v) is 7.50. The van der Waals surface area contributed by atoms with Gasteiger partial charge >= 0.3 is 0 Å². The Kier molecular flexibility index (Phi) is 6.19. The third kappa shape index (κ3) is 5.14. The molecule has 138 valence electrons. The lowest BCUT2D eigenvalue weighted by molar-refractivity contribution is 0.0965. The van der Waals surface area contributed by atoms with Crippen LogP contribution in [-0.4, -0.2) is 15.6 Å². The first-order valence-corrected chi connectivity index (χ1v) is 9.45. The van der Waals surface area contributed by atoms with Gasteiger partial charge < -0.3 is 4.74 Å². The number of nitrogens with zero attached hydrogens (tertiary/aromatic N) is 2. The van der Waals surface area contributed by atoms with E-state index in [9.17, 15) is 9.59 Å². The maximum absolute atomic E-state index is 12.4. The molecule has 27 heavy (non-hydrogen) atoms.